The van der Waals surface area contributed by atoms with Crippen LogP contribution < -0.4 is 14.8 Å². The molecular formula is C22H29NO3. The van der Waals surface area contributed by atoms with Crippen LogP contribution in [-0.4, -0.2) is 19.6 Å². The summed E-state index contributed by atoms with van der Waals surface area (Å²) in [5.74, 6) is 1.38. The first-order chi connectivity index (χ1) is 12.2. The van der Waals surface area contributed by atoms with Crippen LogP contribution >= 0.6 is 0 Å². The number of benzene rings is 2. The molecule has 26 heavy (non-hydrogen) atoms. The van der Waals surface area contributed by atoms with E-state index in [9.17, 15) is 4.79 Å². The van der Waals surface area contributed by atoms with Gasteiger partial charge < -0.3 is 14.8 Å². The summed E-state index contributed by atoms with van der Waals surface area (Å²) < 4.78 is 11.1. The third kappa shape index (κ3) is 5.25. The number of ether oxygens (including phenoxy) is 2. The van der Waals surface area contributed by atoms with Gasteiger partial charge in [0, 0.05) is 0 Å². The SMILES string of the molecule is COc1ccc(C(C)(C)C)cc1NC(=O)CCOc1cc(C)ccc1C. The van der Waals surface area contributed by atoms with E-state index in [0.717, 1.165) is 22.4 Å². The van der Waals surface area contributed by atoms with E-state index in [4.69, 9.17) is 9.47 Å². The lowest BCUT2D eigenvalue weighted by Crippen LogP contribution is -2.17. The number of rotatable bonds is 6. The third-order valence-corrected chi connectivity index (χ3v) is 4.27. The lowest BCUT2D eigenvalue weighted by atomic mass is 9.87. The summed E-state index contributed by atoms with van der Waals surface area (Å²) in [7, 11) is 1.60. The zero-order valence-electron chi connectivity index (χ0n) is 16.6. The molecule has 0 aliphatic carbocycles. The number of amides is 1. The van der Waals surface area contributed by atoms with Gasteiger partial charge in [0.15, 0.2) is 0 Å². The van der Waals surface area contributed by atoms with Gasteiger partial charge in [0.05, 0.1) is 25.8 Å². The molecule has 0 radical (unpaired) electrons. The minimum absolute atomic E-state index is 0.00242. The predicted molar refractivity (Wildman–Crippen MR) is 106 cm³/mol. The molecule has 2 aromatic carbocycles. The van der Waals surface area contributed by atoms with E-state index in [-0.39, 0.29) is 17.7 Å². The third-order valence-electron chi connectivity index (χ3n) is 4.27. The Morgan fingerprint density at radius 1 is 1.04 bits per heavy atom. The van der Waals surface area contributed by atoms with Gasteiger partial charge >= 0.3 is 0 Å². The molecule has 0 atom stereocenters. The van der Waals surface area contributed by atoms with E-state index in [1.165, 1.54) is 0 Å². The molecule has 4 heteroatoms. The van der Waals surface area contributed by atoms with E-state index in [1.54, 1.807) is 7.11 Å². The van der Waals surface area contributed by atoms with Gasteiger partial charge in [-0.1, -0.05) is 39.0 Å². The lowest BCUT2D eigenvalue weighted by molar-refractivity contribution is -0.116. The van der Waals surface area contributed by atoms with E-state index >= 15 is 0 Å². The molecule has 0 spiro atoms. The Hall–Kier alpha value is -2.49. The molecule has 4 nitrogen and oxygen atoms in total. The number of carbonyl (C=O) groups excluding carboxylic acids is 1. The van der Waals surface area contributed by atoms with Gasteiger partial charge in [0.1, 0.15) is 11.5 Å². The molecule has 0 bridgehead atoms. The zero-order valence-corrected chi connectivity index (χ0v) is 16.6. The number of aryl methyl sites for hydroxylation is 2. The van der Waals surface area contributed by atoms with Crippen molar-refractivity contribution in [3.63, 3.8) is 0 Å². The quantitative estimate of drug-likeness (QED) is 0.792. The van der Waals surface area contributed by atoms with Crippen LogP contribution in [0.5, 0.6) is 11.5 Å². The Labute approximate surface area is 156 Å². The fraction of sp³-hybridized carbons (Fsp3) is 0.409. The van der Waals surface area contributed by atoms with Crippen LogP contribution in [-0.2, 0) is 10.2 Å². The first-order valence-electron chi connectivity index (χ1n) is 8.89. The Morgan fingerprint density at radius 2 is 1.77 bits per heavy atom. The molecule has 0 aliphatic heterocycles. The maximum atomic E-state index is 12.3. The van der Waals surface area contributed by atoms with Crippen molar-refractivity contribution in [2.24, 2.45) is 0 Å². The summed E-state index contributed by atoms with van der Waals surface area (Å²) in [6.07, 6.45) is 0.274. The van der Waals surface area contributed by atoms with Crippen molar-refractivity contribution in [1.29, 1.82) is 0 Å². The first-order valence-corrected chi connectivity index (χ1v) is 8.89. The molecule has 0 aromatic heterocycles. The molecule has 0 fully saturated rings. The van der Waals surface area contributed by atoms with Gasteiger partial charge in [-0.3, -0.25) is 4.79 Å². The number of hydrogen-bond acceptors (Lipinski definition) is 3. The summed E-state index contributed by atoms with van der Waals surface area (Å²) in [5.41, 5.74) is 4.03. The molecule has 2 rings (SSSR count). The van der Waals surface area contributed by atoms with E-state index < -0.39 is 0 Å². The van der Waals surface area contributed by atoms with Gasteiger partial charge in [-0.15, -0.1) is 0 Å². The first kappa shape index (κ1) is 19.8. The Kier molecular flexibility index (Phi) is 6.30. The number of hydrogen-bond donors (Lipinski definition) is 1. The van der Waals surface area contributed by atoms with Crippen molar-refractivity contribution in [3.8, 4) is 11.5 Å². The summed E-state index contributed by atoms with van der Waals surface area (Å²) in [4.78, 5) is 12.3. The van der Waals surface area contributed by atoms with Crippen molar-refractivity contribution in [1.82, 2.24) is 0 Å². The normalized spacial score (nSPS) is 11.2. The highest BCUT2D eigenvalue weighted by molar-refractivity contribution is 5.92. The average Bonchev–Trinajstić information content (AvgIpc) is 2.57. The maximum absolute atomic E-state index is 12.3. The molecular weight excluding hydrogens is 326 g/mol. The highest BCUT2D eigenvalue weighted by Gasteiger charge is 2.17. The number of anilines is 1. The Morgan fingerprint density at radius 3 is 2.42 bits per heavy atom. The van der Waals surface area contributed by atoms with Crippen molar-refractivity contribution < 1.29 is 14.3 Å². The molecule has 1 N–H and O–H groups in total. The summed E-state index contributed by atoms with van der Waals surface area (Å²) in [6.45, 7) is 10.8. The summed E-state index contributed by atoms with van der Waals surface area (Å²) >= 11 is 0. The van der Waals surface area contributed by atoms with Gasteiger partial charge in [-0.25, -0.2) is 0 Å². The monoisotopic (exact) mass is 355 g/mol. The number of nitrogens with one attached hydrogen (secondary N) is 1. The second-order valence-electron chi connectivity index (χ2n) is 7.58. The minimum Gasteiger partial charge on any atom is -0.495 e. The number of carbonyl (C=O) groups is 1. The van der Waals surface area contributed by atoms with Crippen LogP contribution in [0.1, 0.15) is 43.9 Å². The molecule has 0 saturated heterocycles. The van der Waals surface area contributed by atoms with Gasteiger partial charge in [-0.05, 0) is 54.2 Å². The highest BCUT2D eigenvalue weighted by atomic mass is 16.5. The van der Waals surface area contributed by atoms with Crippen molar-refractivity contribution in [3.05, 3.63) is 53.1 Å². The van der Waals surface area contributed by atoms with Gasteiger partial charge in [-0.2, -0.15) is 0 Å². The van der Waals surface area contributed by atoms with Crippen LogP contribution in [0.25, 0.3) is 0 Å². The summed E-state index contributed by atoms with van der Waals surface area (Å²) in [5, 5.41) is 2.94. The molecule has 140 valence electrons. The van der Waals surface area contributed by atoms with Gasteiger partial charge in [0.2, 0.25) is 5.91 Å². The standard InChI is InChI=1S/C22H29NO3/c1-15-7-8-16(2)20(13-15)26-12-11-21(24)23-18-14-17(22(3,4)5)9-10-19(18)25-6/h7-10,13-14H,11-12H2,1-6H3,(H,23,24). The minimum atomic E-state index is -0.0975. The van der Waals surface area contributed by atoms with E-state index in [0.29, 0.717) is 18.0 Å². The topological polar surface area (TPSA) is 47.6 Å². The fourth-order valence-electron chi connectivity index (χ4n) is 2.60. The van der Waals surface area contributed by atoms with E-state index in [1.807, 2.05) is 50.2 Å². The fourth-order valence-corrected chi connectivity index (χ4v) is 2.60. The molecule has 0 aliphatic rings. The van der Waals surface area contributed by atoms with Gasteiger partial charge in [0.25, 0.3) is 0 Å². The second-order valence-corrected chi connectivity index (χ2v) is 7.58. The van der Waals surface area contributed by atoms with Crippen LogP contribution in [0.15, 0.2) is 36.4 Å². The smallest absolute Gasteiger partial charge is 0.227 e. The van der Waals surface area contributed by atoms with Crippen molar-refractivity contribution in [2.45, 2.75) is 46.5 Å². The van der Waals surface area contributed by atoms with Crippen molar-refractivity contribution >= 4 is 11.6 Å². The zero-order chi connectivity index (χ0) is 19.3. The largest absolute Gasteiger partial charge is 0.495 e. The highest BCUT2D eigenvalue weighted by Crippen LogP contribution is 2.31. The number of methoxy groups -OCH3 is 1. The van der Waals surface area contributed by atoms with Crippen LogP contribution in [0.3, 0.4) is 0 Å². The predicted octanol–water partition coefficient (Wildman–Crippen LogP) is 5.02. The maximum Gasteiger partial charge on any atom is 0.227 e. The lowest BCUT2D eigenvalue weighted by Gasteiger charge is -2.21. The molecule has 0 saturated carbocycles. The summed E-state index contributed by atoms with van der Waals surface area (Å²) in [6, 6.07) is 11.9. The van der Waals surface area contributed by atoms with Crippen LogP contribution in [0.4, 0.5) is 5.69 Å². The van der Waals surface area contributed by atoms with Crippen LogP contribution in [0.2, 0.25) is 0 Å². The second kappa shape index (κ2) is 8.26. The van der Waals surface area contributed by atoms with Crippen molar-refractivity contribution in [2.75, 3.05) is 19.0 Å². The van der Waals surface area contributed by atoms with Crippen LogP contribution in [0, 0.1) is 13.8 Å². The van der Waals surface area contributed by atoms with E-state index in [2.05, 4.69) is 26.1 Å². The Balaban J connectivity index is 2.00. The molecule has 0 heterocycles. The molecule has 2 aromatic rings. The molecule has 0 unspecified atom stereocenters. The average molecular weight is 355 g/mol. The Bertz CT molecular complexity index is 775. The molecule has 1 amide bonds.